The summed E-state index contributed by atoms with van der Waals surface area (Å²) in [6, 6.07) is 57.2. The normalized spacial score (nSPS) is 19.4. The Morgan fingerprint density at radius 1 is 0.543 bits per heavy atom. The Morgan fingerprint density at radius 3 is 1.36 bits per heavy atom. The molecule has 20 heteroatoms. The number of aryl methyl sites for hydroxylation is 2. The van der Waals surface area contributed by atoms with Crippen molar-refractivity contribution in [2.45, 2.75) is 127 Å². The number of methoxy groups -OCH3 is 4. The number of aliphatic hydroxyl groups is 1. The van der Waals surface area contributed by atoms with Gasteiger partial charge in [0, 0.05) is 26.1 Å². The molecule has 2 aliphatic rings. The van der Waals surface area contributed by atoms with Crippen molar-refractivity contribution in [3.8, 4) is 11.5 Å². The maximum atomic E-state index is 14.7. The summed E-state index contributed by atoms with van der Waals surface area (Å²) < 4.78 is 48.2. The van der Waals surface area contributed by atoms with Crippen LogP contribution in [-0.4, -0.2) is 98.2 Å². The fourth-order valence-electron chi connectivity index (χ4n) is 13.1. The second-order valence-corrected chi connectivity index (χ2v) is 26.5. The number of nitrogens with one attached hydrogen (secondary N) is 1. The molecule has 10 aromatic rings. The predicted molar refractivity (Wildman–Crippen MR) is 361 cm³/mol. The minimum Gasteiger partial charge on any atom is -0.497 e. The molecule has 4 N–H and O–H groups in total. The number of ether oxygens (including phenoxy) is 7. The van der Waals surface area contributed by atoms with Crippen LogP contribution in [0, 0.1) is 25.7 Å². The van der Waals surface area contributed by atoms with E-state index in [4.69, 9.17) is 48.9 Å². The highest BCUT2D eigenvalue weighted by molar-refractivity contribution is 7.16. The number of hydrogen-bond donors (Lipinski definition) is 3. The van der Waals surface area contributed by atoms with Crippen molar-refractivity contribution >= 4 is 55.3 Å². The van der Waals surface area contributed by atoms with Gasteiger partial charge < -0.3 is 49.3 Å². The van der Waals surface area contributed by atoms with Gasteiger partial charge in [0.15, 0.2) is 11.3 Å². The second-order valence-electron chi connectivity index (χ2n) is 24.6. The van der Waals surface area contributed by atoms with Crippen LogP contribution in [0.2, 0.25) is 0 Å². The molecule has 12 rings (SSSR count). The number of rotatable bonds is 20. The number of thiazole rings is 2. The van der Waals surface area contributed by atoms with Gasteiger partial charge in [-0.15, -0.1) is 0 Å². The van der Waals surface area contributed by atoms with Crippen LogP contribution in [0.25, 0.3) is 20.7 Å². The summed E-state index contributed by atoms with van der Waals surface area (Å²) in [6.45, 7) is 15.3. The minimum absolute atomic E-state index is 0.108. The third-order valence-electron chi connectivity index (χ3n) is 18.2. The summed E-state index contributed by atoms with van der Waals surface area (Å²) in [6.07, 6.45) is -1.36. The van der Waals surface area contributed by atoms with Crippen molar-refractivity contribution in [1.29, 1.82) is 0 Å². The van der Waals surface area contributed by atoms with E-state index in [-0.39, 0.29) is 51.9 Å². The third kappa shape index (κ3) is 12.5. The van der Waals surface area contributed by atoms with Crippen LogP contribution in [0.4, 0.5) is 11.9 Å². The largest absolute Gasteiger partial charge is 0.497 e. The zero-order valence-electron chi connectivity index (χ0n) is 53.9. The fourth-order valence-corrected chi connectivity index (χ4v) is 14.9. The Morgan fingerprint density at radius 2 is 0.924 bits per heavy atom. The van der Waals surface area contributed by atoms with Gasteiger partial charge in [0.05, 0.1) is 70.6 Å². The summed E-state index contributed by atoms with van der Waals surface area (Å²) in [5.41, 5.74) is 9.69. The van der Waals surface area contributed by atoms with Crippen LogP contribution < -0.4 is 30.3 Å². The van der Waals surface area contributed by atoms with Crippen molar-refractivity contribution in [2.24, 2.45) is 11.8 Å². The molecule has 0 aliphatic carbocycles. The van der Waals surface area contributed by atoms with E-state index in [0.717, 1.165) is 67.6 Å². The highest BCUT2D eigenvalue weighted by Crippen LogP contribution is 2.52. The zero-order valence-corrected chi connectivity index (χ0v) is 55.5. The Bertz CT molecular complexity index is 4180. The average Bonchev–Trinajstić information content (AvgIpc) is 1.11. The lowest BCUT2D eigenvalue weighted by Gasteiger charge is -2.45. The van der Waals surface area contributed by atoms with Gasteiger partial charge in [-0.25, -0.2) is 9.97 Å². The molecule has 0 saturated carbocycles. The smallest absolute Gasteiger partial charge is 0.311 e. The summed E-state index contributed by atoms with van der Waals surface area (Å²) >= 11 is 2.19. The van der Waals surface area contributed by atoms with Gasteiger partial charge in [-0.1, -0.05) is 168 Å². The molecule has 0 amide bonds. The number of nitrogens with zero attached hydrogens (tertiary/aromatic N) is 6. The quantitative estimate of drug-likeness (QED) is 0.0604. The van der Waals surface area contributed by atoms with Crippen molar-refractivity contribution in [3.63, 3.8) is 0 Å². The topological polar surface area (TPSA) is 218 Å². The van der Waals surface area contributed by atoms with Crippen LogP contribution in [-0.2, 0) is 34.8 Å². The first kappa shape index (κ1) is 65.3. The summed E-state index contributed by atoms with van der Waals surface area (Å²) in [4.78, 5) is 45.8. The van der Waals surface area contributed by atoms with E-state index in [1.807, 2.05) is 118 Å². The van der Waals surface area contributed by atoms with Gasteiger partial charge in [0.2, 0.25) is 11.9 Å². The molecule has 18 nitrogen and oxygen atoms in total. The lowest BCUT2D eigenvalue weighted by atomic mass is 9.77. The van der Waals surface area contributed by atoms with Gasteiger partial charge in [0.1, 0.15) is 35.1 Å². The van der Waals surface area contributed by atoms with Crippen molar-refractivity contribution < 1.29 is 38.3 Å². The maximum Gasteiger partial charge on any atom is 0.311 e. The molecule has 2 fully saturated rings. The maximum absolute atomic E-state index is 14.7. The monoisotopic (exact) mass is 1280 g/mol. The number of benzene rings is 6. The molecule has 6 heterocycles. The molecule has 2 saturated heterocycles. The number of nitrogen functional groups attached to an aromatic ring is 1. The SMILES string of the molecule is CO[C@@H](C)[C@@H]1CC(C(C)(C)O)C(n2c(=O)sc3c(C)nc(N)nc32)O1.COc1ccc(C(Nc2nc(C)c3sc(=O)n(C4O[C@H]([C@H](C)OC)CC4C(C)(C)OC(c4ccccc4)(c4ccccc4)c4ccc(OC)cc4)c3n2)(c2ccccc2)c2ccccc2)cc1. The summed E-state index contributed by atoms with van der Waals surface area (Å²) in [5, 5.41) is 14.5. The summed E-state index contributed by atoms with van der Waals surface area (Å²) in [7, 11) is 6.63. The van der Waals surface area contributed by atoms with E-state index in [1.165, 1.54) is 4.57 Å². The third-order valence-corrected chi connectivity index (χ3v) is 20.3. The average molecular weight is 1280 g/mol. The first-order valence-corrected chi connectivity index (χ1v) is 32.4. The predicted octanol–water partition coefficient (Wildman–Crippen LogP) is 12.8. The van der Waals surface area contributed by atoms with Crippen molar-refractivity contribution in [1.82, 2.24) is 29.1 Å². The van der Waals surface area contributed by atoms with Crippen LogP contribution in [0.3, 0.4) is 0 Å². The molecule has 480 valence electrons. The van der Waals surface area contributed by atoms with E-state index in [2.05, 4.69) is 102 Å². The van der Waals surface area contributed by atoms with E-state index in [1.54, 1.807) is 53.8 Å². The molecule has 0 spiro atoms. The van der Waals surface area contributed by atoms with Gasteiger partial charge in [-0.2, -0.15) is 9.97 Å². The summed E-state index contributed by atoms with van der Waals surface area (Å²) in [5.74, 6) is 1.26. The van der Waals surface area contributed by atoms with Crippen LogP contribution >= 0.6 is 22.7 Å². The number of anilines is 2. The lowest BCUT2D eigenvalue weighted by molar-refractivity contribution is -0.156. The van der Waals surface area contributed by atoms with Crippen molar-refractivity contribution in [3.05, 3.63) is 234 Å². The number of fused-ring (bicyclic) bond motifs is 2. The molecular formula is C72H80N8O10S2. The fraction of sp³-hybridized carbons (Fsp3) is 0.361. The second kappa shape index (κ2) is 26.8. The van der Waals surface area contributed by atoms with Crippen LogP contribution in [0.1, 0.15) is 112 Å². The van der Waals surface area contributed by atoms with Gasteiger partial charge in [-0.05, 0) is 126 Å². The molecule has 0 bridgehead atoms. The van der Waals surface area contributed by atoms with Gasteiger partial charge in [0.25, 0.3) is 0 Å². The van der Waals surface area contributed by atoms with E-state index in [0.29, 0.717) is 50.9 Å². The number of hydrogen-bond acceptors (Lipinski definition) is 18. The van der Waals surface area contributed by atoms with Crippen LogP contribution in [0.15, 0.2) is 179 Å². The Kier molecular flexibility index (Phi) is 19.0. The van der Waals surface area contributed by atoms with Crippen molar-refractivity contribution in [2.75, 3.05) is 39.5 Å². The highest BCUT2D eigenvalue weighted by Gasteiger charge is 2.53. The first-order valence-electron chi connectivity index (χ1n) is 30.8. The zero-order chi connectivity index (χ0) is 65.3. The van der Waals surface area contributed by atoms with E-state index in [9.17, 15) is 14.7 Å². The van der Waals surface area contributed by atoms with Gasteiger partial charge >= 0.3 is 9.75 Å². The highest BCUT2D eigenvalue weighted by atomic mass is 32.1. The molecule has 8 atom stereocenters. The standard InChI is InChI=1S/C56H56N4O6S.C16H24N4O4S/c1-37-49-50(58-52(57-37)59-55(39-20-12-8-13-21-39,40-22-14-9-15-23-40)41-28-32-45(63-6)33-29-41)60(53(61)67-49)51-47(36-48(65-51)38(2)62-5)54(3,4)66-56(42-24-16-10-17-25-42,43-26-18-11-19-27-43)44-30-34-46(64-7)35-31-44;1-7-11-12(19-14(17)18-7)20(15(21)25-11)13-9(16(3,4)22)6-10(24-13)8(2)23-5/h8-35,38,47-48,51H,36H2,1-7H3,(H,57,58,59);8-10,13,22H,6H2,1-5H3,(H2,17,18,19)/t38-,47?,48-,51?;8-,9?,10-,13?/m00/s1. The molecular weight excluding hydrogens is 1200 g/mol. The van der Waals surface area contributed by atoms with Crippen LogP contribution in [0.5, 0.6) is 11.5 Å². The minimum atomic E-state index is -1.09. The number of aromatic nitrogens is 6. The van der Waals surface area contributed by atoms with E-state index >= 15 is 0 Å². The van der Waals surface area contributed by atoms with Gasteiger partial charge in [-0.3, -0.25) is 18.7 Å². The molecule has 92 heavy (non-hydrogen) atoms. The Balaban J connectivity index is 0.000000289. The molecule has 0 radical (unpaired) electrons. The van der Waals surface area contributed by atoms with E-state index < -0.39 is 34.8 Å². The molecule has 2 aliphatic heterocycles. The molecule has 6 aromatic carbocycles. The Labute approximate surface area is 543 Å². The number of nitrogens with two attached hydrogens (primary N) is 1. The lowest BCUT2D eigenvalue weighted by Crippen LogP contribution is -2.47. The molecule has 4 aromatic heterocycles. The molecule has 4 unspecified atom stereocenters. The first-order chi connectivity index (χ1) is 44.1. The Hall–Kier alpha value is -8.18.